The average molecular weight is 324 g/mol. The van der Waals surface area contributed by atoms with Crippen molar-refractivity contribution in [3.8, 4) is 6.07 Å². The third kappa shape index (κ3) is 4.03. The molecule has 0 aliphatic heterocycles. The SMILES string of the molecule is CCOC(=O)c1cc2cc(C#N)ccc2n1CCCC(F)(F)F. The van der Waals surface area contributed by atoms with Crippen LogP contribution in [-0.4, -0.2) is 23.3 Å². The number of aromatic nitrogens is 1. The van der Waals surface area contributed by atoms with Gasteiger partial charge >= 0.3 is 12.1 Å². The van der Waals surface area contributed by atoms with E-state index in [1.807, 2.05) is 6.07 Å². The van der Waals surface area contributed by atoms with Crippen molar-refractivity contribution in [1.82, 2.24) is 4.57 Å². The summed E-state index contributed by atoms with van der Waals surface area (Å²) in [6, 6.07) is 8.33. The van der Waals surface area contributed by atoms with Gasteiger partial charge in [0.1, 0.15) is 5.69 Å². The molecule has 1 aromatic heterocycles. The Bertz CT molecular complexity index is 757. The van der Waals surface area contributed by atoms with Crippen molar-refractivity contribution < 1.29 is 22.7 Å². The molecule has 0 saturated heterocycles. The summed E-state index contributed by atoms with van der Waals surface area (Å²) in [4.78, 5) is 12.0. The number of aryl methyl sites for hydroxylation is 1. The first-order chi connectivity index (χ1) is 10.9. The monoisotopic (exact) mass is 324 g/mol. The van der Waals surface area contributed by atoms with Gasteiger partial charge in [-0.1, -0.05) is 0 Å². The van der Waals surface area contributed by atoms with Gasteiger partial charge in [0, 0.05) is 23.9 Å². The van der Waals surface area contributed by atoms with Crippen LogP contribution in [0.15, 0.2) is 24.3 Å². The fourth-order valence-corrected chi connectivity index (χ4v) is 2.39. The highest BCUT2D eigenvalue weighted by atomic mass is 19.4. The molecule has 0 radical (unpaired) electrons. The van der Waals surface area contributed by atoms with E-state index >= 15 is 0 Å². The second-order valence-corrected chi connectivity index (χ2v) is 5.01. The third-order valence-electron chi connectivity index (χ3n) is 3.36. The van der Waals surface area contributed by atoms with Crippen LogP contribution in [0, 0.1) is 11.3 Å². The van der Waals surface area contributed by atoms with Crippen LogP contribution in [0.2, 0.25) is 0 Å². The van der Waals surface area contributed by atoms with Crippen LogP contribution in [0.1, 0.15) is 35.8 Å². The highest BCUT2D eigenvalue weighted by Gasteiger charge is 2.26. The Hall–Kier alpha value is -2.49. The molecule has 0 aliphatic rings. The van der Waals surface area contributed by atoms with Gasteiger partial charge in [0.05, 0.1) is 18.2 Å². The number of nitriles is 1. The van der Waals surface area contributed by atoms with Crippen molar-refractivity contribution in [3.05, 3.63) is 35.5 Å². The number of nitrogens with zero attached hydrogens (tertiary/aromatic N) is 2. The third-order valence-corrected chi connectivity index (χ3v) is 3.36. The van der Waals surface area contributed by atoms with E-state index in [0.717, 1.165) is 0 Å². The summed E-state index contributed by atoms with van der Waals surface area (Å²) < 4.78 is 43.5. The molecule has 2 rings (SSSR count). The predicted molar refractivity (Wildman–Crippen MR) is 77.9 cm³/mol. The van der Waals surface area contributed by atoms with Gasteiger partial charge in [-0.15, -0.1) is 0 Å². The number of fused-ring (bicyclic) bond motifs is 1. The molecule has 23 heavy (non-hydrogen) atoms. The van der Waals surface area contributed by atoms with E-state index in [-0.39, 0.29) is 25.3 Å². The number of halogens is 3. The molecule has 0 saturated carbocycles. The zero-order chi connectivity index (χ0) is 17.0. The lowest BCUT2D eigenvalue weighted by Gasteiger charge is -2.11. The van der Waals surface area contributed by atoms with Crippen molar-refractivity contribution in [3.63, 3.8) is 0 Å². The van der Waals surface area contributed by atoms with Gasteiger partial charge in [0.15, 0.2) is 0 Å². The lowest BCUT2D eigenvalue weighted by molar-refractivity contribution is -0.135. The summed E-state index contributed by atoms with van der Waals surface area (Å²) in [5.74, 6) is -0.589. The molecule has 122 valence electrons. The molecular formula is C16H15F3N2O2. The minimum Gasteiger partial charge on any atom is -0.461 e. The van der Waals surface area contributed by atoms with Crippen molar-refractivity contribution in [2.75, 3.05) is 6.61 Å². The van der Waals surface area contributed by atoms with Gasteiger partial charge < -0.3 is 9.30 Å². The first-order valence-corrected chi connectivity index (χ1v) is 7.13. The lowest BCUT2D eigenvalue weighted by atomic mass is 10.2. The first kappa shape index (κ1) is 16.9. The normalized spacial score (nSPS) is 11.4. The zero-order valence-electron chi connectivity index (χ0n) is 12.5. The van der Waals surface area contributed by atoms with Crippen LogP contribution in [0.5, 0.6) is 0 Å². The molecule has 1 aromatic carbocycles. The number of alkyl halides is 3. The molecule has 0 aliphatic carbocycles. The summed E-state index contributed by atoms with van der Waals surface area (Å²) in [7, 11) is 0. The summed E-state index contributed by atoms with van der Waals surface area (Å²) in [6.07, 6.45) is -5.30. The Morgan fingerprint density at radius 1 is 1.35 bits per heavy atom. The van der Waals surface area contributed by atoms with Crippen molar-refractivity contribution in [2.24, 2.45) is 0 Å². The van der Waals surface area contributed by atoms with Crippen LogP contribution < -0.4 is 0 Å². The fourth-order valence-electron chi connectivity index (χ4n) is 2.39. The Kier molecular flexibility index (Phi) is 4.94. The second-order valence-electron chi connectivity index (χ2n) is 5.01. The van der Waals surface area contributed by atoms with Gasteiger partial charge in [0.25, 0.3) is 0 Å². The number of esters is 1. The largest absolute Gasteiger partial charge is 0.461 e. The van der Waals surface area contributed by atoms with E-state index in [1.165, 1.54) is 4.57 Å². The van der Waals surface area contributed by atoms with E-state index in [1.54, 1.807) is 31.2 Å². The molecule has 0 bridgehead atoms. The molecule has 4 nitrogen and oxygen atoms in total. The molecule has 0 unspecified atom stereocenters. The Morgan fingerprint density at radius 3 is 2.70 bits per heavy atom. The standard InChI is InChI=1S/C16H15F3N2O2/c1-2-23-15(22)14-9-12-8-11(10-20)4-5-13(12)21(14)7-3-6-16(17,18)19/h4-5,8-9H,2-3,6-7H2,1H3. The predicted octanol–water partition coefficient (Wildman–Crippen LogP) is 4.03. The molecule has 2 aromatic rings. The second kappa shape index (κ2) is 6.73. The quantitative estimate of drug-likeness (QED) is 0.780. The van der Waals surface area contributed by atoms with Crippen LogP contribution in [0.4, 0.5) is 13.2 Å². The lowest BCUT2D eigenvalue weighted by Crippen LogP contribution is -2.14. The summed E-state index contributed by atoms with van der Waals surface area (Å²) in [5, 5.41) is 9.55. The number of rotatable bonds is 5. The molecule has 0 atom stereocenters. The highest BCUT2D eigenvalue weighted by molar-refractivity contribution is 5.96. The minimum atomic E-state index is -4.24. The Labute approximate surface area is 131 Å². The van der Waals surface area contributed by atoms with Gasteiger partial charge in [-0.25, -0.2) is 4.79 Å². The van der Waals surface area contributed by atoms with E-state index in [2.05, 4.69) is 0 Å². The Balaban J connectivity index is 2.39. The van der Waals surface area contributed by atoms with Crippen LogP contribution in [0.3, 0.4) is 0 Å². The van der Waals surface area contributed by atoms with Crippen molar-refractivity contribution in [1.29, 1.82) is 5.26 Å². The number of hydrogen-bond acceptors (Lipinski definition) is 3. The summed E-state index contributed by atoms with van der Waals surface area (Å²) in [5.41, 5.74) is 1.22. The highest BCUT2D eigenvalue weighted by Crippen LogP contribution is 2.25. The Morgan fingerprint density at radius 2 is 2.09 bits per heavy atom. The minimum absolute atomic E-state index is 0.0447. The molecule has 0 amide bonds. The van der Waals surface area contributed by atoms with Crippen LogP contribution in [-0.2, 0) is 11.3 Å². The maximum absolute atomic E-state index is 12.3. The average Bonchev–Trinajstić information content (AvgIpc) is 2.84. The summed E-state index contributed by atoms with van der Waals surface area (Å²) in [6.45, 7) is 1.87. The molecular weight excluding hydrogens is 309 g/mol. The van der Waals surface area contributed by atoms with Gasteiger partial charge in [0.2, 0.25) is 0 Å². The molecule has 7 heteroatoms. The zero-order valence-corrected chi connectivity index (χ0v) is 12.5. The van der Waals surface area contributed by atoms with Crippen molar-refractivity contribution >= 4 is 16.9 Å². The van der Waals surface area contributed by atoms with E-state index in [9.17, 15) is 18.0 Å². The van der Waals surface area contributed by atoms with E-state index < -0.39 is 18.6 Å². The summed E-state index contributed by atoms with van der Waals surface area (Å²) >= 11 is 0. The van der Waals surface area contributed by atoms with Gasteiger partial charge in [-0.05, 0) is 37.6 Å². The number of carbonyl (C=O) groups excluding carboxylic acids is 1. The van der Waals surface area contributed by atoms with E-state index in [0.29, 0.717) is 16.5 Å². The van der Waals surface area contributed by atoms with Gasteiger partial charge in [-0.2, -0.15) is 18.4 Å². The van der Waals surface area contributed by atoms with Crippen molar-refractivity contribution in [2.45, 2.75) is 32.5 Å². The number of benzene rings is 1. The maximum atomic E-state index is 12.3. The van der Waals surface area contributed by atoms with Gasteiger partial charge in [-0.3, -0.25) is 0 Å². The van der Waals surface area contributed by atoms with E-state index in [4.69, 9.17) is 10.00 Å². The first-order valence-electron chi connectivity index (χ1n) is 7.13. The smallest absolute Gasteiger partial charge is 0.389 e. The molecule has 1 heterocycles. The fraction of sp³-hybridized carbons (Fsp3) is 0.375. The topological polar surface area (TPSA) is 55.0 Å². The van der Waals surface area contributed by atoms with Crippen LogP contribution >= 0.6 is 0 Å². The number of hydrogen-bond donors (Lipinski definition) is 0. The molecule has 0 fully saturated rings. The number of carbonyl (C=O) groups is 1. The molecule has 0 N–H and O–H groups in total. The number of ether oxygens (including phenoxy) is 1. The van der Waals surface area contributed by atoms with Crippen LogP contribution in [0.25, 0.3) is 10.9 Å². The molecule has 0 spiro atoms. The maximum Gasteiger partial charge on any atom is 0.389 e.